The van der Waals surface area contributed by atoms with Gasteiger partial charge in [-0.3, -0.25) is 9.59 Å². The number of carboxylic acids is 1. The Kier molecular flexibility index (Phi) is 7.48. The maximum atomic E-state index is 12.1. The average Bonchev–Trinajstić information content (AvgIpc) is 2.33. The van der Waals surface area contributed by atoms with Crippen LogP contribution in [0.15, 0.2) is 0 Å². The van der Waals surface area contributed by atoms with Crippen LogP contribution in [0.25, 0.3) is 5.53 Å². The number of Topliss-reactive ketones (excluding diaryl/α,β-unsaturated/α-hetero) is 1. The van der Waals surface area contributed by atoms with Gasteiger partial charge in [0.25, 0.3) is 0 Å². The van der Waals surface area contributed by atoms with Gasteiger partial charge in [-0.1, -0.05) is 20.8 Å². The number of nitrogens with zero attached hydrogens (tertiary/aromatic N) is 2. The maximum absolute atomic E-state index is 12.1. The van der Waals surface area contributed by atoms with Gasteiger partial charge in [-0.05, 0) is 11.8 Å². The Labute approximate surface area is 123 Å². The monoisotopic (exact) mass is 299 g/mol. The molecular formula is C13H21N3O5. The predicted octanol–water partition coefficient (Wildman–Crippen LogP) is 0.267. The van der Waals surface area contributed by atoms with Crippen LogP contribution in [0.1, 0.15) is 33.6 Å². The Hall–Kier alpha value is -2.05. The molecular weight excluding hydrogens is 278 g/mol. The second-order valence-corrected chi connectivity index (χ2v) is 5.63. The normalized spacial score (nSPS) is 13.7. The second-order valence-electron chi connectivity index (χ2n) is 5.63. The highest BCUT2D eigenvalue weighted by Crippen LogP contribution is 2.22. The molecule has 21 heavy (non-hydrogen) atoms. The molecule has 0 radical (unpaired) electrons. The summed E-state index contributed by atoms with van der Waals surface area (Å²) in [4.78, 5) is 36.9. The van der Waals surface area contributed by atoms with Crippen molar-refractivity contribution in [3.63, 3.8) is 0 Å². The van der Waals surface area contributed by atoms with Crippen LogP contribution in [0.2, 0.25) is 0 Å². The molecule has 8 nitrogen and oxygen atoms in total. The van der Waals surface area contributed by atoms with Gasteiger partial charge >= 0.3 is 12.2 Å². The zero-order valence-corrected chi connectivity index (χ0v) is 12.6. The number of carboxylic acid groups (broad SMARTS) is 1. The van der Waals surface area contributed by atoms with Gasteiger partial charge in [-0.25, -0.2) is 4.79 Å². The fraction of sp³-hybridized carbons (Fsp3) is 0.692. The van der Waals surface area contributed by atoms with Gasteiger partial charge in [-0.2, -0.15) is 4.79 Å². The zero-order chi connectivity index (χ0) is 16.6. The molecule has 2 atom stereocenters. The summed E-state index contributed by atoms with van der Waals surface area (Å²) >= 11 is 0. The number of rotatable bonds is 8. The molecule has 118 valence electrons. The summed E-state index contributed by atoms with van der Waals surface area (Å²) in [5.74, 6) is -2.33. The number of carbonyl (C=O) groups is 3. The first kappa shape index (κ1) is 18.9. The van der Waals surface area contributed by atoms with Crippen LogP contribution >= 0.6 is 0 Å². The third-order valence-electron chi connectivity index (χ3n) is 2.76. The van der Waals surface area contributed by atoms with Crippen LogP contribution in [-0.2, 0) is 19.1 Å². The van der Waals surface area contributed by atoms with Crippen LogP contribution in [0.5, 0.6) is 0 Å². The molecule has 0 fully saturated rings. The Bertz CT molecular complexity index is 449. The quantitative estimate of drug-likeness (QED) is 0.377. The molecule has 0 rings (SSSR count). The number of ether oxygens (including phenoxy) is 1. The summed E-state index contributed by atoms with van der Waals surface area (Å²) in [6.45, 7) is 5.37. The first-order valence-electron chi connectivity index (χ1n) is 6.39. The predicted molar refractivity (Wildman–Crippen MR) is 73.7 cm³/mol. The summed E-state index contributed by atoms with van der Waals surface area (Å²) in [5, 5.41) is 11.4. The molecule has 0 aromatic heterocycles. The van der Waals surface area contributed by atoms with Gasteiger partial charge in [0.15, 0.2) is 0 Å². The molecule has 8 heteroatoms. The van der Waals surface area contributed by atoms with Crippen molar-refractivity contribution in [2.45, 2.75) is 45.8 Å². The Morgan fingerprint density at radius 1 is 1.38 bits per heavy atom. The van der Waals surface area contributed by atoms with Crippen molar-refractivity contribution in [2.24, 2.45) is 5.41 Å². The molecule has 0 aliphatic rings. The zero-order valence-electron chi connectivity index (χ0n) is 12.6. The molecule has 1 amide bonds. The average molecular weight is 299 g/mol. The Balaban J connectivity index is 4.78. The maximum Gasteiger partial charge on any atom is 0.326 e. The van der Waals surface area contributed by atoms with E-state index in [1.165, 1.54) is 7.11 Å². The Morgan fingerprint density at radius 3 is 2.33 bits per heavy atom. The lowest BCUT2D eigenvalue weighted by molar-refractivity contribution is -0.146. The van der Waals surface area contributed by atoms with Gasteiger partial charge < -0.3 is 20.7 Å². The van der Waals surface area contributed by atoms with Crippen LogP contribution in [-0.4, -0.2) is 53.0 Å². The van der Waals surface area contributed by atoms with E-state index >= 15 is 0 Å². The van der Waals surface area contributed by atoms with Crippen molar-refractivity contribution < 1.29 is 29.0 Å². The fourth-order valence-corrected chi connectivity index (χ4v) is 1.77. The van der Waals surface area contributed by atoms with E-state index in [4.69, 9.17) is 15.4 Å². The Morgan fingerprint density at radius 2 is 1.95 bits per heavy atom. The van der Waals surface area contributed by atoms with Gasteiger partial charge in [0, 0.05) is 13.5 Å². The number of ketones is 1. The minimum Gasteiger partial charge on any atom is -0.480 e. The third-order valence-corrected chi connectivity index (χ3v) is 2.76. The fourth-order valence-electron chi connectivity index (χ4n) is 1.77. The molecule has 0 bridgehead atoms. The SMILES string of the molecule is COC(C(=O)NC(CCC(=O)C=[N+]=[N-])C(=O)O)C(C)(C)C. The standard InChI is InChI=1S/C13H21N3O5/c1-13(2,3)10(21-4)11(18)16-9(12(19)20)6-5-8(17)7-15-14/h7,9-10H,5-6H2,1-4H3,(H,16,18)(H,19,20). The first-order chi connectivity index (χ1) is 9.63. The van der Waals surface area contributed by atoms with Gasteiger partial charge in [-0.15, -0.1) is 0 Å². The summed E-state index contributed by atoms with van der Waals surface area (Å²) in [6.07, 6.45) is -0.386. The van der Waals surface area contributed by atoms with E-state index < -0.39 is 35.2 Å². The van der Waals surface area contributed by atoms with E-state index in [1.807, 2.05) is 0 Å². The number of methoxy groups -OCH3 is 1. The molecule has 0 aliphatic carbocycles. The molecule has 0 saturated heterocycles. The minimum atomic E-state index is -1.25. The molecule has 0 saturated carbocycles. The number of nitrogens with one attached hydrogen (secondary N) is 1. The molecule has 0 heterocycles. The number of hydrogen-bond acceptors (Lipinski definition) is 4. The minimum absolute atomic E-state index is 0.105. The number of aliphatic carboxylic acids is 1. The van der Waals surface area contributed by atoms with Crippen molar-refractivity contribution in [3.8, 4) is 0 Å². The number of hydrogen-bond donors (Lipinski definition) is 2. The van der Waals surface area contributed by atoms with E-state index in [0.29, 0.717) is 6.21 Å². The highest BCUT2D eigenvalue weighted by Gasteiger charge is 2.33. The molecule has 0 aromatic rings. The lowest BCUT2D eigenvalue weighted by atomic mass is 9.88. The van der Waals surface area contributed by atoms with Gasteiger partial charge in [0.05, 0.1) is 0 Å². The third kappa shape index (κ3) is 6.78. The van der Waals surface area contributed by atoms with Crippen LogP contribution < -0.4 is 5.32 Å². The summed E-state index contributed by atoms with van der Waals surface area (Å²) < 4.78 is 5.10. The molecule has 2 unspecified atom stereocenters. The van der Waals surface area contributed by atoms with Crippen molar-refractivity contribution in [2.75, 3.05) is 7.11 Å². The molecule has 0 aliphatic heterocycles. The molecule has 0 spiro atoms. The van der Waals surface area contributed by atoms with E-state index in [1.54, 1.807) is 20.8 Å². The topological polar surface area (TPSA) is 129 Å². The van der Waals surface area contributed by atoms with Gasteiger partial charge in [0.2, 0.25) is 11.7 Å². The van der Waals surface area contributed by atoms with E-state index in [9.17, 15) is 14.4 Å². The summed E-state index contributed by atoms with van der Waals surface area (Å²) in [7, 11) is 1.37. The second kappa shape index (κ2) is 8.28. The highest BCUT2D eigenvalue weighted by molar-refractivity contribution is 6.25. The van der Waals surface area contributed by atoms with Crippen LogP contribution in [0, 0.1) is 5.41 Å². The van der Waals surface area contributed by atoms with E-state index in [-0.39, 0.29) is 12.8 Å². The molecule has 0 aromatic carbocycles. The van der Waals surface area contributed by atoms with Crippen molar-refractivity contribution >= 4 is 23.9 Å². The largest absolute Gasteiger partial charge is 0.480 e. The number of amides is 1. The molecule has 2 N–H and O–H groups in total. The van der Waals surface area contributed by atoms with Crippen LogP contribution in [0.3, 0.4) is 0 Å². The summed E-state index contributed by atoms with van der Waals surface area (Å²) in [6, 6.07) is -1.21. The van der Waals surface area contributed by atoms with Crippen molar-refractivity contribution in [1.82, 2.24) is 5.32 Å². The van der Waals surface area contributed by atoms with Crippen LogP contribution in [0.4, 0.5) is 0 Å². The van der Waals surface area contributed by atoms with E-state index in [0.717, 1.165) is 0 Å². The lowest BCUT2D eigenvalue weighted by Gasteiger charge is -2.29. The van der Waals surface area contributed by atoms with Crippen molar-refractivity contribution in [3.05, 3.63) is 5.53 Å². The smallest absolute Gasteiger partial charge is 0.326 e. The summed E-state index contributed by atoms with van der Waals surface area (Å²) in [5.41, 5.74) is 7.70. The van der Waals surface area contributed by atoms with E-state index in [2.05, 4.69) is 10.1 Å². The number of carbonyl (C=O) groups excluding carboxylic acids is 2. The first-order valence-corrected chi connectivity index (χ1v) is 6.39. The highest BCUT2D eigenvalue weighted by atomic mass is 16.5. The van der Waals surface area contributed by atoms with Gasteiger partial charge in [0.1, 0.15) is 12.1 Å². The lowest BCUT2D eigenvalue weighted by Crippen LogP contribution is -2.50. The van der Waals surface area contributed by atoms with Crippen molar-refractivity contribution in [1.29, 1.82) is 0 Å².